The van der Waals surface area contributed by atoms with Crippen molar-refractivity contribution in [2.75, 3.05) is 45.2 Å². The molecular formula is C30H36ClN12O8S2+. The average Bonchev–Trinajstić information content (AvgIpc) is 3.81. The lowest BCUT2D eigenvalue weighted by Gasteiger charge is -2.51. The molecule has 0 spiro atoms. The lowest BCUT2D eigenvalue weighted by molar-refractivity contribution is -0.911. The van der Waals surface area contributed by atoms with Crippen LogP contribution in [0.3, 0.4) is 0 Å². The highest BCUT2D eigenvalue weighted by Gasteiger charge is 2.54. The van der Waals surface area contributed by atoms with E-state index in [1.807, 2.05) is 0 Å². The summed E-state index contributed by atoms with van der Waals surface area (Å²) in [5.41, 5.74) is 4.98. The van der Waals surface area contributed by atoms with Crippen LogP contribution in [0, 0.1) is 0 Å². The number of carbonyl (C=O) groups is 4. The van der Waals surface area contributed by atoms with E-state index in [1.165, 1.54) is 42.6 Å². The van der Waals surface area contributed by atoms with E-state index in [2.05, 4.69) is 54.5 Å². The summed E-state index contributed by atoms with van der Waals surface area (Å²) >= 11 is 8.40. The Balaban J connectivity index is 1.17. The molecule has 2 saturated heterocycles. The van der Waals surface area contributed by atoms with Gasteiger partial charge in [-0.15, -0.1) is 16.9 Å². The van der Waals surface area contributed by atoms with Gasteiger partial charge in [-0.3, -0.25) is 19.3 Å². The summed E-state index contributed by atoms with van der Waals surface area (Å²) in [4.78, 5) is 64.5. The molecule has 0 unspecified atom stereocenters. The maximum Gasteiger partial charge on any atom is 0.350 e. The van der Waals surface area contributed by atoms with Crippen LogP contribution in [0.1, 0.15) is 48.7 Å². The number of halogens is 1. The van der Waals surface area contributed by atoms with Crippen LogP contribution in [-0.4, -0.2) is 152 Å². The number of thioether (sulfide) groups is 1. The number of anilines is 1. The number of quaternary nitrogens is 1. The van der Waals surface area contributed by atoms with E-state index in [9.17, 15) is 34.5 Å². The van der Waals surface area contributed by atoms with E-state index < -0.39 is 52.0 Å². The standard InChI is InChI=1S/C30H35ClN12O8S2/c1-30(2,28(49)50)51-37-18(22-34-29(32)53-38-22)24(46)33-19-26(48)42-20(23-35-39-40-36-23)13(12-52-27(19)42)11-43(3,4)14-7-9-41(10-8-14)25(47)15-5-6-16(44)21(45)17(15)31/h5-6,14,19,27H,7-12H2,1-4H3,(H6-,32,33,34,35,36,37,38,39,40,44,45,46,47,49,50)/p+1/t19-,27-/m1/s1. The fourth-order valence-electron chi connectivity index (χ4n) is 6.29. The van der Waals surface area contributed by atoms with Crippen LogP contribution >= 0.6 is 34.9 Å². The SMILES string of the molecule is CC(C)(O/N=C(\C(=O)N[C@@H]1C(=O)N2C(c3nnn[nH]3)=C(C[N+](C)(C)C3CCN(C(=O)c4ccc(O)c(O)c4Cl)CC3)CS[C@H]12)c1nsc(N)n1)C(=O)O. The van der Waals surface area contributed by atoms with Crippen LogP contribution in [0.25, 0.3) is 5.70 Å². The number of oxime groups is 1. The van der Waals surface area contributed by atoms with E-state index in [0.717, 1.165) is 17.1 Å². The van der Waals surface area contributed by atoms with Crippen molar-refractivity contribution >= 4 is 75.1 Å². The Hall–Kier alpha value is -5.06. The maximum absolute atomic E-state index is 13.8. The third-order valence-electron chi connectivity index (χ3n) is 9.32. The normalized spacial score (nSPS) is 19.9. The number of phenols is 2. The van der Waals surface area contributed by atoms with Crippen LogP contribution in [0.2, 0.25) is 5.02 Å². The molecule has 0 bridgehead atoms. The Kier molecular flexibility index (Phi) is 10.2. The second kappa shape index (κ2) is 14.4. The van der Waals surface area contributed by atoms with Crippen molar-refractivity contribution < 1.29 is 43.8 Å². The Morgan fingerprint density at radius 2 is 1.94 bits per heavy atom. The summed E-state index contributed by atoms with van der Waals surface area (Å²) in [5.74, 6) is -3.36. The molecule has 53 heavy (non-hydrogen) atoms. The molecule has 2 fully saturated rings. The summed E-state index contributed by atoms with van der Waals surface area (Å²) in [7, 11) is 4.15. The summed E-state index contributed by atoms with van der Waals surface area (Å²) in [6.07, 6.45) is 1.33. The number of likely N-dealkylation sites (tertiary alicyclic amines) is 1. The van der Waals surface area contributed by atoms with Gasteiger partial charge in [-0.25, -0.2) is 9.89 Å². The summed E-state index contributed by atoms with van der Waals surface area (Å²) in [6.45, 7) is 3.89. The molecule has 3 aliphatic heterocycles. The molecule has 23 heteroatoms. The number of phenolic OH excluding ortho intramolecular Hbond substituents is 2. The average molecular weight is 792 g/mol. The fourth-order valence-corrected chi connectivity index (χ4v) is 8.30. The van der Waals surface area contributed by atoms with Gasteiger partial charge in [-0.05, 0) is 36.4 Å². The van der Waals surface area contributed by atoms with E-state index >= 15 is 0 Å². The first-order valence-corrected chi connectivity index (χ1v) is 18.3. The first-order valence-electron chi connectivity index (χ1n) is 16.1. The number of amides is 3. The molecular weight excluding hydrogens is 756 g/mol. The monoisotopic (exact) mass is 791 g/mol. The summed E-state index contributed by atoms with van der Waals surface area (Å²) in [5, 5.41) is 49.2. The number of fused-ring (bicyclic) bond motifs is 1. The second-order valence-electron chi connectivity index (χ2n) is 13.6. The maximum atomic E-state index is 13.8. The van der Waals surface area contributed by atoms with Crippen LogP contribution in [0.5, 0.6) is 11.5 Å². The smallest absolute Gasteiger partial charge is 0.350 e. The minimum atomic E-state index is -1.79. The van der Waals surface area contributed by atoms with E-state index in [0.29, 0.717) is 48.4 Å². The van der Waals surface area contributed by atoms with Crippen LogP contribution in [0.15, 0.2) is 22.9 Å². The van der Waals surface area contributed by atoms with Crippen molar-refractivity contribution in [1.82, 2.24) is 45.1 Å². The number of aromatic hydroxyl groups is 2. The molecule has 1 aromatic carbocycles. The number of nitrogen functional groups attached to an aromatic ring is 1. The van der Waals surface area contributed by atoms with E-state index in [1.54, 1.807) is 4.90 Å². The number of H-pyrrole nitrogens is 1. The number of carboxylic acid groups (broad SMARTS) is 1. The van der Waals surface area contributed by atoms with E-state index in [4.69, 9.17) is 22.2 Å². The summed E-state index contributed by atoms with van der Waals surface area (Å²) in [6, 6.07) is 1.75. The van der Waals surface area contributed by atoms with Crippen molar-refractivity contribution in [1.29, 1.82) is 0 Å². The van der Waals surface area contributed by atoms with Gasteiger partial charge in [-0.1, -0.05) is 16.8 Å². The Morgan fingerprint density at radius 3 is 2.57 bits per heavy atom. The molecule has 2 aromatic heterocycles. The molecule has 3 aliphatic rings. The molecule has 282 valence electrons. The number of rotatable bonds is 11. The number of hydrogen-bond donors (Lipinski definition) is 6. The van der Waals surface area contributed by atoms with Gasteiger partial charge in [0.25, 0.3) is 17.7 Å². The molecule has 3 aromatic rings. The molecule has 0 saturated carbocycles. The minimum Gasteiger partial charge on any atom is -0.504 e. The van der Waals surface area contributed by atoms with Crippen molar-refractivity contribution in [3.05, 3.63) is 39.9 Å². The fraction of sp³-hybridized carbons (Fsp3) is 0.467. The van der Waals surface area contributed by atoms with Gasteiger partial charge in [0.05, 0.1) is 36.4 Å². The number of carbonyl (C=O) groups excluding carboxylic acids is 3. The number of piperidine rings is 1. The number of carboxylic acids is 1. The van der Waals surface area contributed by atoms with Crippen molar-refractivity contribution in [3.63, 3.8) is 0 Å². The van der Waals surface area contributed by atoms with Crippen LogP contribution < -0.4 is 11.1 Å². The highest BCUT2D eigenvalue weighted by Crippen LogP contribution is 2.44. The molecule has 0 aliphatic carbocycles. The van der Waals surface area contributed by atoms with Gasteiger partial charge in [0.15, 0.2) is 22.5 Å². The highest BCUT2D eigenvalue weighted by molar-refractivity contribution is 8.00. The molecule has 0 radical (unpaired) electrons. The van der Waals surface area contributed by atoms with Crippen LogP contribution in [0.4, 0.5) is 5.13 Å². The predicted molar refractivity (Wildman–Crippen MR) is 190 cm³/mol. The molecule has 7 N–H and O–H groups in total. The van der Waals surface area contributed by atoms with Gasteiger partial charge in [0.2, 0.25) is 17.1 Å². The van der Waals surface area contributed by atoms with Crippen LogP contribution in [-0.2, 0) is 19.2 Å². The number of aromatic amines is 1. The highest BCUT2D eigenvalue weighted by atomic mass is 35.5. The number of nitrogens with zero attached hydrogens (tertiary/aromatic N) is 9. The minimum absolute atomic E-state index is 0.0372. The Bertz CT molecular complexity index is 2010. The lowest BCUT2D eigenvalue weighted by Crippen LogP contribution is -2.70. The van der Waals surface area contributed by atoms with Gasteiger partial charge in [0.1, 0.15) is 18.0 Å². The molecule has 6 rings (SSSR count). The number of benzene rings is 1. The van der Waals surface area contributed by atoms with Crippen molar-refractivity contribution in [2.24, 2.45) is 5.16 Å². The quantitative estimate of drug-likeness (QED) is 0.0507. The number of β-lactam (4-membered cyclic amide) rings is 1. The topological polar surface area (TPSA) is 275 Å². The van der Waals surface area contributed by atoms with Gasteiger partial charge >= 0.3 is 5.97 Å². The number of aromatic nitrogens is 6. The first-order chi connectivity index (χ1) is 25.0. The van der Waals surface area contributed by atoms with Crippen molar-refractivity contribution in [3.8, 4) is 11.5 Å². The Morgan fingerprint density at radius 1 is 1.23 bits per heavy atom. The zero-order valence-electron chi connectivity index (χ0n) is 28.8. The number of hydrogen-bond acceptors (Lipinski definition) is 16. The number of nitrogens with two attached hydrogens (primary N) is 1. The number of likely N-dealkylation sites (N-methyl/N-ethyl adjacent to an activating group) is 1. The molecule has 20 nitrogen and oxygen atoms in total. The van der Waals surface area contributed by atoms with Gasteiger partial charge in [-0.2, -0.15) is 9.36 Å². The third-order valence-corrected chi connectivity index (χ3v) is 11.6. The van der Waals surface area contributed by atoms with Gasteiger partial charge < -0.3 is 40.6 Å². The number of nitrogens with one attached hydrogen (secondary N) is 2. The lowest BCUT2D eigenvalue weighted by atomic mass is 9.98. The van der Waals surface area contributed by atoms with Gasteiger partial charge in [0, 0.05) is 48.8 Å². The summed E-state index contributed by atoms with van der Waals surface area (Å²) < 4.78 is 4.53. The molecule has 3 amide bonds. The first kappa shape index (κ1) is 37.7. The van der Waals surface area contributed by atoms with Crippen molar-refractivity contribution in [2.45, 2.75) is 49.7 Å². The van der Waals surface area contributed by atoms with E-state index in [-0.39, 0.29) is 39.3 Å². The number of aliphatic carboxylic acids is 1. The number of tetrazole rings is 1. The third kappa shape index (κ3) is 7.30. The molecule has 5 heterocycles. The largest absolute Gasteiger partial charge is 0.504 e. The zero-order valence-corrected chi connectivity index (χ0v) is 31.2. The Labute approximate surface area is 314 Å². The molecule has 2 atom stereocenters. The predicted octanol–water partition coefficient (Wildman–Crippen LogP) is 0.474. The zero-order chi connectivity index (χ0) is 38.4. The second-order valence-corrected chi connectivity index (χ2v) is 15.9.